The quantitative estimate of drug-likeness (QED) is 0.395. The molecule has 0 spiro atoms. The van der Waals surface area contributed by atoms with Gasteiger partial charge in [0.05, 0.1) is 12.8 Å². The lowest BCUT2D eigenvalue weighted by Crippen LogP contribution is -2.35. The number of anilines is 1. The third kappa shape index (κ3) is 5.51. The van der Waals surface area contributed by atoms with Gasteiger partial charge in [0, 0.05) is 16.6 Å². The maximum atomic E-state index is 12.2. The Morgan fingerprint density at radius 1 is 1.11 bits per heavy atom. The highest BCUT2D eigenvalue weighted by molar-refractivity contribution is 7.13. The topological polar surface area (TPSA) is 123 Å². The molecule has 1 aromatic heterocycles. The largest absolute Gasteiger partial charge is 0.464 e. The summed E-state index contributed by atoms with van der Waals surface area (Å²) in [7, 11) is 1.15. The molecule has 0 fully saturated rings. The summed E-state index contributed by atoms with van der Waals surface area (Å²) in [6.07, 6.45) is 0. The number of nitrogens with one attached hydrogen (secondary N) is 2. The summed E-state index contributed by atoms with van der Waals surface area (Å²) in [5.74, 6) is -2.19. The maximum absolute atomic E-state index is 12.2. The van der Waals surface area contributed by atoms with Crippen LogP contribution in [0.4, 0.5) is 5.69 Å². The first-order valence-electron chi connectivity index (χ1n) is 7.22. The van der Waals surface area contributed by atoms with Gasteiger partial charge in [0.2, 0.25) is 0 Å². The molecule has 0 radical (unpaired) electrons. The van der Waals surface area contributed by atoms with Gasteiger partial charge in [-0.05, 0) is 24.3 Å². The Hall–Kier alpha value is -3.46. The predicted molar refractivity (Wildman–Crippen MR) is 105 cm³/mol. The number of esters is 1. The van der Waals surface area contributed by atoms with Crippen LogP contribution in [0, 0.1) is 0 Å². The fourth-order valence-corrected chi connectivity index (χ4v) is 2.59. The number of thiazole rings is 1. The van der Waals surface area contributed by atoms with Gasteiger partial charge in [0.25, 0.3) is 11.8 Å². The molecule has 0 aliphatic rings. The van der Waals surface area contributed by atoms with Crippen LogP contribution in [0.3, 0.4) is 0 Å². The fraction of sp³-hybridized carbons (Fsp3) is 0.111. The van der Waals surface area contributed by atoms with E-state index in [1.54, 1.807) is 29.6 Å². The van der Waals surface area contributed by atoms with Crippen molar-refractivity contribution in [3.05, 3.63) is 59.9 Å². The number of aromatic nitrogens is 1. The molecule has 0 atom stereocenters. The molecule has 0 unspecified atom stereocenters. The lowest BCUT2D eigenvalue weighted by atomic mass is 10.2. The number of benzene rings is 1. The molecule has 142 valence electrons. The Morgan fingerprint density at radius 2 is 1.74 bits per heavy atom. The molecule has 9 heteroatoms. The van der Waals surface area contributed by atoms with Crippen LogP contribution in [0.25, 0.3) is 10.6 Å². The molecule has 8 nitrogen and oxygen atoms in total. The van der Waals surface area contributed by atoms with Gasteiger partial charge in [0.15, 0.2) is 0 Å². The fourth-order valence-electron chi connectivity index (χ4n) is 1.78. The van der Waals surface area contributed by atoms with Crippen LogP contribution in [0.15, 0.2) is 54.2 Å². The summed E-state index contributed by atoms with van der Waals surface area (Å²) >= 11 is 1.27. The molecular weight excluding hydrogens is 368 g/mol. The second kappa shape index (κ2) is 9.30. The Balaban J connectivity index is 0.00000364. The highest BCUT2D eigenvalue weighted by Gasteiger charge is 2.18. The van der Waals surface area contributed by atoms with Crippen LogP contribution in [-0.2, 0) is 14.3 Å². The summed E-state index contributed by atoms with van der Waals surface area (Å²) in [6.45, 7) is 6.81. The SMILES string of the molecule is C.C=C(NC(=O)c1csc(-c2ccc(N)cc2)n1)C(=O)NC(=C)C(=O)OC. The smallest absolute Gasteiger partial charge is 0.353 e. The number of hydrogen-bond donors (Lipinski definition) is 3. The lowest BCUT2D eigenvalue weighted by Gasteiger charge is -2.09. The van der Waals surface area contributed by atoms with Crippen molar-refractivity contribution in [2.75, 3.05) is 12.8 Å². The van der Waals surface area contributed by atoms with Gasteiger partial charge in [-0.1, -0.05) is 20.6 Å². The molecule has 2 rings (SSSR count). The van der Waals surface area contributed by atoms with Gasteiger partial charge >= 0.3 is 5.97 Å². The zero-order chi connectivity index (χ0) is 19.3. The Kier molecular flexibility index (Phi) is 7.43. The van der Waals surface area contributed by atoms with Gasteiger partial charge in [-0.25, -0.2) is 9.78 Å². The minimum absolute atomic E-state index is 0. The van der Waals surface area contributed by atoms with E-state index < -0.39 is 17.8 Å². The van der Waals surface area contributed by atoms with Crippen molar-refractivity contribution in [3.8, 4) is 10.6 Å². The first-order chi connectivity index (χ1) is 12.3. The number of carbonyl (C=O) groups excluding carboxylic acids is 3. The van der Waals surface area contributed by atoms with Crippen molar-refractivity contribution in [2.45, 2.75) is 7.43 Å². The number of methoxy groups -OCH3 is 1. The summed E-state index contributed by atoms with van der Waals surface area (Å²) in [5.41, 5.74) is 6.67. The Morgan fingerprint density at radius 3 is 2.33 bits per heavy atom. The molecule has 2 aromatic rings. The highest BCUT2D eigenvalue weighted by Crippen LogP contribution is 2.24. The Labute approximate surface area is 160 Å². The van der Waals surface area contributed by atoms with E-state index in [2.05, 4.69) is 33.5 Å². The second-order valence-electron chi connectivity index (χ2n) is 5.02. The first kappa shape index (κ1) is 21.6. The van der Waals surface area contributed by atoms with Crippen molar-refractivity contribution in [2.24, 2.45) is 0 Å². The van der Waals surface area contributed by atoms with Crippen LogP contribution in [-0.4, -0.2) is 29.9 Å². The number of amides is 2. The second-order valence-corrected chi connectivity index (χ2v) is 5.87. The van der Waals surface area contributed by atoms with E-state index in [1.807, 2.05) is 0 Å². The zero-order valence-electron chi connectivity index (χ0n) is 13.9. The van der Waals surface area contributed by atoms with Crippen LogP contribution in [0.2, 0.25) is 0 Å². The molecule has 4 N–H and O–H groups in total. The molecule has 0 saturated carbocycles. The van der Waals surface area contributed by atoms with Crippen molar-refractivity contribution in [3.63, 3.8) is 0 Å². The number of nitrogens with zero attached hydrogens (tertiary/aromatic N) is 1. The van der Waals surface area contributed by atoms with Crippen LogP contribution < -0.4 is 16.4 Å². The predicted octanol–water partition coefficient (Wildman–Crippen LogP) is 2.07. The van der Waals surface area contributed by atoms with Crippen molar-refractivity contribution >= 4 is 34.8 Å². The molecule has 0 saturated heterocycles. The standard InChI is InChI=1S/C17H16N4O4S.CH4/c1-9(14(22)20-10(2)17(24)25-3)19-15(23)13-8-26-16(21-13)11-4-6-12(18)7-5-11;/h4-8H,1-2,18H2,3H3,(H,19,23)(H,20,22);1H4. The highest BCUT2D eigenvalue weighted by atomic mass is 32.1. The van der Waals surface area contributed by atoms with E-state index in [1.165, 1.54) is 11.3 Å². The lowest BCUT2D eigenvalue weighted by molar-refractivity contribution is -0.137. The minimum Gasteiger partial charge on any atom is -0.464 e. The summed E-state index contributed by atoms with van der Waals surface area (Å²) in [5, 5.41) is 6.67. The normalized spacial score (nSPS) is 9.52. The van der Waals surface area contributed by atoms with Gasteiger partial charge in [-0.15, -0.1) is 11.3 Å². The van der Waals surface area contributed by atoms with Gasteiger partial charge < -0.3 is 21.1 Å². The minimum atomic E-state index is -0.801. The van der Waals surface area contributed by atoms with E-state index >= 15 is 0 Å². The Bertz CT molecular complexity index is 887. The molecule has 1 aromatic carbocycles. The molecule has 1 heterocycles. The number of nitrogen functional groups attached to an aromatic ring is 1. The van der Waals surface area contributed by atoms with Gasteiger partial charge in [0.1, 0.15) is 16.4 Å². The molecule has 0 aliphatic heterocycles. The van der Waals surface area contributed by atoms with E-state index in [4.69, 9.17) is 5.73 Å². The van der Waals surface area contributed by atoms with Gasteiger partial charge in [-0.2, -0.15) is 0 Å². The molecule has 0 aliphatic carbocycles. The van der Waals surface area contributed by atoms with Crippen LogP contribution in [0.1, 0.15) is 17.9 Å². The van der Waals surface area contributed by atoms with E-state index in [-0.39, 0.29) is 24.5 Å². The van der Waals surface area contributed by atoms with E-state index in [9.17, 15) is 14.4 Å². The van der Waals surface area contributed by atoms with Crippen molar-refractivity contribution in [1.29, 1.82) is 0 Å². The molecule has 0 bridgehead atoms. The molecular formula is C18H20N4O4S. The van der Waals surface area contributed by atoms with Crippen molar-refractivity contribution in [1.82, 2.24) is 15.6 Å². The van der Waals surface area contributed by atoms with E-state index in [0.29, 0.717) is 10.7 Å². The monoisotopic (exact) mass is 388 g/mol. The third-order valence-electron chi connectivity index (χ3n) is 3.13. The summed E-state index contributed by atoms with van der Waals surface area (Å²) in [4.78, 5) is 39.5. The summed E-state index contributed by atoms with van der Waals surface area (Å²) < 4.78 is 4.41. The number of carbonyl (C=O) groups is 3. The maximum Gasteiger partial charge on any atom is 0.353 e. The molecule has 2 amide bonds. The van der Waals surface area contributed by atoms with Gasteiger partial charge in [-0.3, -0.25) is 9.59 Å². The first-order valence-corrected chi connectivity index (χ1v) is 8.10. The average Bonchev–Trinajstić information content (AvgIpc) is 3.11. The van der Waals surface area contributed by atoms with E-state index in [0.717, 1.165) is 12.7 Å². The summed E-state index contributed by atoms with van der Waals surface area (Å²) in [6, 6.07) is 7.05. The zero-order valence-corrected chi connectivity index (χ0v) is 14.7. The average molecular weight is 388 g/mol. The number of nitrogens with two attached hydrogens (primary N) is 1. The number of hydrogen-bond acceptors (Lipinski definition) is 7. The van der Waals surface area contributed by atoms with Crippen LogP contribution >= 0.6 is 11.3 Å². The number of rotatable bonds is 6. The van der Waals surface area contributed by atoms with Crippen LogP contribution in [0.5, 0.6) is 0 Å². The number of ether oxygens (including phenoxy) is 1. The van der Waals surface area contributed by atoms with Crippen molar-refractivity contribution < 1.29 is 19.1 Å². The third-order valence-corrected chi connectivity index (χ3v) is 4.02. The molecule has 27 heavy (non-hydrogen) atoms.